The summed E-state index contributed by atoms with van der Waals surface area (Å²) in [6.45, 7) is 6.17. The van der Waals surface area contributed by atoms with Gasteiger partial charge in [-0.1, -0.05) is 168 Å². The minimum Gasteiger partial charge on any atom is -0.393 e. The highest BCUT2D eigenvalue weighted by atomic mass is 16.6. The fourth-order valence-electron chi connectivity index (χ4n) is 6.37. The number of hydrogen-bond donors (Lipinski definition) is 2. The lowest BCUT2D eigenvalue weighted by Crippen LogP contribution is -2.28. The van der Waals surface area contributed by atoms with Crippen LogP contribution in [0.15, 0.2) is 0 Å². The van der Waals surface area contributed by atoms with Crippen molar-refractivity contribution in [3.05, 3.63) is 0 Å². The Balaban J connectivity index is 4.74. The van der Waals surface area contributed by atoms with E-state index in [1.165, 1.54) is 161 Å². The van der Waals surface area contributed by atoms with Gasteiger partial charge < -0.3 is 14.9 Å². The molecule has 0 aliphatic rings. The third kappa shape index (κ3) is 24.5. The second kappa shape index (κ2) is 30.1. The Morgan fingerprint density at radius 3 is 1.17 bits per heavy atom. The summed E-state index contributed by atoms with van der Waals surface area (Å²) in [6.07, 6.45) is 35.7. The summed E-state index contributed by atoms with van der Waals surface area (Å²) < 4.78 is 4.58. The van der Waals surface area contributed by atoms with Crippen molar-refractivity contribution < 1.29 is 24.5 Å². The van der Waals surface area contributed by atoms with E-state index < -0.39 is 24.6 Å². The van der Waals surface area contributed by atoms with Crippen LogP contribution in [0.3, 0.4) is 0 Å². The van der Waals surface area contributed by atoms with Crippen LogP contribution in [0.2, 0.25) is 0 Å². The minimum atomic E-state index is -1.63. The van der Waals surface area contributed by atoms with Gasteiger partial charge in [0.05, 0.1) is 6.61 Å². The van der Waals surface area contributed by atoms with Gasteiger partial charge in [-0.05, 0) is 37.5 Å². The van der Waals surface area contributed by atoms with Gasteiger partial charge in [0.15, 0.2) is 6.10 Å². The highest BCUT2D eigenvalue weighted by Crippen LogP contribution is 2.42. The zero-order valence-electron chi connectivity index (χ0n) is 28.4. The Morgan fingerprint density at radius 2 is 0.833 bits per heavy atom. The molecule has 2 N–H and O–H groups in total. The number of ether oxygens (including phenoxy) is 1. The number of carbonyl (C=O) groups is 2. The van der Waals surface area contributed by atoms with Crippen LogP contribution < -0.4 is 0 Å². The number of carbonyl (C=O) groups excluding carboxylic acids is 2. The molecule has 0 aromatic rings. The molecule has 0 aromatic heterocycles. The zero-order valence-corrected chi connectivity index (χ0v) is 28.4. The van der Waals surface area contributed by atoms with Gasteiger partial charge in [-0.25, -0.2) is 4.79 Å². The number of hydrogen-bond acceptors (Lipinski definition) is 5. The van der Waals surface area contributed by atoms with E-state index in [1.807, 2.05) is 0 Å². The Hall–Kier alpha value is -0.940. The van der Waals surface area contributed by atoms with Crippen LogP contribution in [0.1, 0.15) is 207 Å². The maximum Gasteiger partial charge on any atom is 0.345 e. The van der Waals surface area contributed by atoms with Crippen LogP contribution >= 0.6 is 0 Å². The molecule has 5 heteroatoms. The van der Waals surface area contributed by atoms with Gasteiger partial charge in [0, 0.05) is 6.42 Å². The highest BCUT2D eigenvalue weighted by Gasteiger charge is 2.28. The summed E-state index contributed by atoms with van der Waals surface area (Å²) in [5.74, 6) is -1.68. The van der Waals surface area contributed by atoms with E-state index >= 15 is 0 Å². The second-order valence-corrected chi connectivity index (χ2v) is 13.2. The van der Waals surface area contributed by atoms with E-state index in [0.29, 0.717) is 11.8 Å². The molecule has 0 saturated heterocycles. The summed E-state index contributed by atoms with van der Waals surface area (Å²) in [4.78, 5) is 23.2. The van der Waals surface area contributed by atoms with Gasteiger partial charge in [-0.3, -0.25) is 4.79 Å². The maximum atomic E-state index is 11.8. The van der Waals surface area contributed by atoms with Crippen LogP contribution in [0.4, 0.5) is 0 Å². The Kier molecular flexibility index (Phi) is 29.4. The average molecular weight is 597 g/mol. The molecule has 0 bridgehead atoms. The SMILES string of the molecule is CCCCCCCCC(CCCCCCCC)(CCCCCCCC)CCCCCCCCC(=O)OC(=O)C(O)CO. The number of unbranched alkanes of at least 4 members (excludes halogenated alkanes) is 20. The summed E-state index contributed by atoms with van der Waals surface area (Å²) >= 11 is 0. The predicted molar refractivity (Wildman–Crippen MR) is 178 cm³/mol. The first-order valence-electron chi connectivity index (χ1n) is 18.5. The fraction of sp³-hybridized carbons (Fsp3) is 0.946. The Labute approximate surface area is 261 Å². The molecule has 0 heterocycles. The summed E-state index contributed by atoms with van der Waals surface area (Å²) in [5, 5.41) is 18.0. The summed E-state index contributed by atoms with van der Waals surface area (Å²) in [6, 6.07) is 0. The van der Waals surface area contributed by atoms with Crippen LogP contribution in [-0.2, 0) is 14.3 Å². The van der Waals surface area contributed by atoms with E-state index in [4.69, 9.17) is 5.11 Å². The van der Waals surface area contributed by atoms with E-state index in [9.17, 15) is 14.7 Å². The van der Waals surface area contributed by atoms with Crippen LogP contribution in [0, 0.1) is 5.41 Å². The van der Waals surface area contributed by atoms with Gasteiger partial charge in [-0.2, -0.15) is 0 Å². The molecule has 1 atom stereocenters. The van der Waals surface area contributed by atoms with Gasteiger partial charge >= 0.3 is 11.9 Å². The average Bonchev–Trinajstić information content (AvgIpc) is 2.99. The molecule has 0 spiro atoms. The van der Waals surface area contributed by atoms with Crippen molar-refractivity contribution in [1.82, 2.24) is 0 Å². The lowest BCUT2D eigenvalue weighted by molar-refractivity contribution is -0.167. The zero-order chi connectivity index (χ0) is 31.2. The van der Waals surface area contributed by atoms with Crippen molar-refractivity contribution in [2.24, 2.45) is 5.41 Å². The summed E-state index contributed by atoms with van der Waals surface area (Å²) in [7, 11) is 0. The van der Waals surface area contributed by atoms with Crippen molar-refractivity contribution in [3.8, 4) is 0 Å². The quantitative estimate of drug-likeness (QED) is 0.0458. The molecule has 0 amide bonds. The van der Waals surface area contributed by atoms with Crippen molar-refractivity contribution in [1.29, 1.82) is 0 Å². The third-order valence-electron chi connectivity index (χ3n) is 9.18. The Bertz CT molecular complexity index is 564. The number of esters is 2. The molecule has 1 unspecified atom stereocenters. The lowest BCUT2D eigenvalue weighted by atomic mass is 9.70. The molecule has 0 aliphatic heterocycles. The number of aliphatic hydroxyl groups excluding tert-OH is 2. The molecule has 250 valence electrons. The molecule has 0 radical (unpaired) electrons. The lowest BCUT2D eigenvalue weighted by Gasteiger charge is -2.35. The molecular formula is C37H72O5. The fourth-order valence-corrected chi connectivity index (χ4v) is 6.37. The van der Waals surface area contributed by atoms with Crippen LogP contribution in [-0.4, -0.2) is 34.9 Å². The molecule has 42 heavy (non-hydrogen) atoms. The van der Waals surface area contributed by atoms with E-state index in [1.54, 1.807) is 0 Å². The second-order valence-electron chi connectivity index (χ2n) is 13.2. The van der Waals surface area contributed by atoms with Crippen molar-refractivity contribution in [2.45, 2.75) is 213 Å². The number of aliphatic hydroxyl groups is 2. The smallest absolute Gasteiger partial charge is 0.345 e. The summed E-state index contributed by atoms with van der Waals surface area (Å²) in [5.41, 5.74) is 0.537. The van der Waals surface area contributed by atoms with Crippen LogP contribution in [0.25, 0.3) is 0 Å². The third-order valence-corrected chi connectivity index (χ3v) is 9.18. The standard InChI is InChI=1S/C37H72O5/c1-4-7-10-13-19-24-29-37(30-25-20-14-11-8-5-2,31-26-21-15-12-9-6-3)32-27-22-17-16-18-23-28-35(40)42-36(41)34(39)33-38/h34,38-39H,4-33H2,1-3H3. The molecule has 0 saturated carbocycles. The van der Waals surface area contributed by atoms with Gasteiger partial charge in [-0.15, -0.1) is 0 Å². The molecule has 0 aromatic carbocycles. The highest BCUT2D eigenvalue weighted by molar-refractivity contribution is 5.87. The van der Waals surface area contributed by atoms with Gasteiger partial charge in [0.25, 0.3) is 0 Å². The minimum absolute atomic E-state index is 0.182. The van der Waals surface area contributed by atoms with Crippen molar-refractivity contribution in [2.75, 3.05) is 6.61 Å². The monoisotopic (exact) mass is 597 g/mol. The Morgan fingerprint density at radius 1 is 0.524 bits per heavy atom. The molecule has 0 aliphatic carbocycles. The first-order chi connectivity index (χ1) is 20.4. The molecular weight excluding hydrogens is 524 g/mol. The first kappa shape index (κ1) is 41.1. The number of rotatable bonds is 32. The predicted octanol–water partition coefficient (Wildman–Crippen LogP) is 10.8. The topological polar surface area (TPSA) is 83.8 Å². The van der Waals surface area contributed by atoms with Crippen molar-refractivity contribution in [3.63, 3.8) is 0 Å². The van der Waals surface area contributed by atoms with Gasteiger partial charge in [0.2, 0.25) is 0 Å². The molecule has 5 nitrogen and oxygen atoms in total. The molecule has 0 fully saturated rings. The largest absolute Gasteiger partial charge is 0.393 e. The van der Waals surface area contributed by atoms with Crippen LogP contribution in [0.5, 0.6) is 0 Å². The van der Waals surface area contributed by atoms with Crippen molar-refractivity contribution >= 4 is 11.9 Å². The normalized spacial score (nSPS) is 12.5. The van der Waals surface area contributed by atoms with E-state index in [0.717, 1.165) is 12.8 Å². The van der Waals surface area contributed by atoms with E-state index in [2.05, 4.69) is 25.5 Å². The first-order valence-corrected chi connectivity index (χ1v) is 18.5. The molecule has 0 rings (SSSR count). The van der Waals surface area contributed by atoms with Gasteiger partial charge in [0.1, 0.15) is 0 Å². The van der Waals surface area contributed by atoms with E-state index in [-0.39, 0.29) is 6.42 Å². The maximum absolute atomic E-state index is 11.8.